The summed E-state index contributed by atoms with van der Waals surface area (Å²) in [6, 6.07) is 19.4. The average Bonchev–Trinajstić information content (AvgIpc) is 2.41. The molecule has 92 valence electrons. The van der Waals surface area contributed by atoms with Gasteiger partial charge < -0.3 is 0 Å². The third-order valence-electron chi connectivity index (χ3n) is 2.80. The number of hydrogen-bond acceptors (Lipinski definition) is 1. The van der Waals surface area contributed by atoms with E-state index in [2.05, 4.69) is 0 Å². The number of quaternary nitrogens is 1. The molecule has 0 aliphatic heterocycles. The van der Waals surface area contributed by atoms with Gasteiger partial charge >= 0.3 is 13.8 Å². The van der Waals surface area contributed by atoms with Crippen molar-refractivity contribution in [2.45, 2.75) is 12.3 Å². The summed E-state index contributed by atoms with van der Waals surface area (Å²) in [5.41, 5.74) is 2.03. The van der Waals surface area contributed by atoms with Crippen LogP contribution in [0.2, 0.25) is 0 Å². The lowest BCUT2D eigenvalue weighted by Gasteiger charge is -2.05. The lowest BCUT2D eigenvalue weighted by molar-refractivity contribution is -0.691. The monoisotopic (exact) mass is 261 g/mol. The molecule has 0 spiro atoms. The van der Waals surface area contributed by atoms with Crippen molar-refractivity contribution in [3.63, 3.8) is 0 Å². The van der Waals surface area contributed by atoms with Crippen molar-refractivity contribution in [2.24, 2.45) is 0 Å². The Balaban J connectivity index is 2.06. The molecule has 2 aromatic carbocycles. The SMILES string of the molecule is O=[P+](O)[C@@H]([NH2+]Cc1ccccc1)c1ccccc1. The van der Waals surface area contributed by atoms with Gasteiger partial charge in [-0.05, 0) is 16.7 Å². The molecule has 0 bridgehead atoms. The molecule has 0 aromatic heterocycles. The van der Waals surface area contributed by atoms with Crippen molar-refractivity contribution < 1.29 is 14.8 Å². The van der Waals surface area contributed by atoms with E-state index in [-0.39, 0.29) is 0 Å². The van der Waals surface area contributed by atoms with Crippen molar-refractivity contribution in [2.75, 3.05) is 0 Å². The van der Waals surface area contributed by atoms with Gasteiger partial charge in [-0.2, -0.15) is 4.89 Å². The van der Waals surface area contributed by atoms with Gasteiger partial charge in [0.2, 0.25) is 0 Å². The van der Waals surface area contributed by atoms with Crippen LogP contribution >= 0.6 is 8.03 Å². The summed E-state index contributed by atoms with van der Waals surface area (Å²) in [4.78, 5) is 9.42. The average molecular weight is 261 g/mol. The quantitative estimate of drug-likeness (QED) is 0.810. The van der Waals surface area contributed by atoms with E-state index in [1.807, 2.05) is 66.0 Å². The van der Waals surface area contributed by atoms with Crippen molar-refractivity contribution in [3.8, 4) is 0 Å². The Morgan fingerprint density at radius 3 is 2.11 bits per heavy atom. The van der Waals surface area contributed by atoms with E-state index >= 15 is 0 Å². The molecule has 0 heterocycles. The van der Waals surface area contributed by atoms with Crippen LogP contribution < -0.4 is 5.32 Å². The fraction of sp³-hybridized carbons (Fsp3) is 0.143. The summed E-state index contributed by atoms with van der Waals surface area (Å²) in [7, 11) is -2.24. The maximum Gasteiger partial charge on any atom is 0.574 e. The third kappa shape index (κ3) is 3.47. The van der Waals surface area contributed by atoms with E-state index in [9.17, 15) is 9.46 Å². The van der Waals surface area contributed by atoms with Crippen LogP contribution in [0.3, 0.4) is 0 Å². The molecule has 3 N–H and O–H groups in total. The van der Waals surface area contributed by atoms with Crippen molar-refractivity contribution >= 4 is 8.03 Å². The van der Waals surface area contributed by atoms with E-state index in [1.165, 1.54) is 0 Å². The number of benzene rings is 2. The first kappa shape index (κ1) is 12.9. The first-order chi connectivity index (χ1) is 8.77. The van der Waals surface area contributed by atoms with Gasteiger partial charge in [0, 0.05) is 5.56 Å². The maximum absolute atomic E-state index is 11.4. The third-order valence-corrected chi connectivity index (χ3v) is 3.78. The predicted octanol–water partition coefficient (Wildman–Crippen LogP) is 2.18. The molecule has 0 fully saturated rings. The van der Waals surface area contributed by atoms with Crippen LogP contribution in [0.4, 0.5) is 0 Å². The Hall–Kier alpha value is -1.54. The zero-order valence-corrected chi connectivity index (χ0v) is 10.8. The van der Waals surface area contributed by atoms with Crippen molar-refractivity contribution in [1.29, 1.82) is 0 Å². The van der Waals surface area contributed by atoms with Crippen LogP contribution in [0.1, 0.15) is 16.9 Å². The molecule has 2 atom stereocenters. The summed E-state index contributed by atoms with van der Waals surface area (Å²) < 4.78 is 11.4. The summed E-state index contributed by atoms with van der Waals surface area (Å²) in [6.45, 7) is 0.696. The summed E-state index contributed by atoms with van der Waals surface area (Å²) in [5.74, 6) is -0.401. The molecule has 0 radical (unpaired) electrons. The molecular formula is C14H16NO2P+2. The minimum atomic E-state index is -2.24. The fourth-order valence-corrected chi connectivity index (χ4v) is 2.58. The van der Waals surface area contributed by atoms with E-state index in [1.54, 1.807) is 0 Å². The zero-order valence-electron chi connectivity index (χ0n) is 9.94. The van der Waals surface area contributed by atoms with Gasteiger partial charge in [0.25, 0.3) is 0 Å². The number of hydrogen-bond donors (Lipinski definition) is 2. The normalized spacial score (nSPS) is 13.1. The molecule has 0 amide bonds. The molecule has 4 heteroatoms. The van der Waals surface area contributed by atoms with Crippen LogP contribution in [0, 0.1) is 0 Å². The Labute approximate surface area is 107 Å². The van der Waals surface area contributed by atoms with Crippen LogP contribution in [0.5, 0.6) is 0 Å². The number of nitrogens with two attached hydrogens (primary N) is 1. The highest BCUT2D eigenvalue weighted by Gasteiger charge is 2.34. The molecule has 18 heavy (non-hydrogen) atoms. The minimum absolute atomic E-state index is 0.401. The molecule has 2 rings (SSSR count). The van der Waals surface area contributed by atoms with E-state index < -0.39 is 13.8 Å². The summed E-state index contributed by atoms with van der Waals surface area (Å²) >= 11 is 0. The molecule has 0 aliphatic carbocycles. The first-order valence-corrected chi connectivity index (χ1v) is 7.13. The lowest BCUT2D eigenvalue weighted by atomic mass is 10.2. The Kier molecular flexibility index (Phi) is 4.59. The van der Waals surface area contributed by atoms with Crippen LogP contribution in [-0.4, -0.2) is 4.89 Å². The highest BCUT2D eigenvalue weighted by molar-refractivity contribution is 7.38. The number of rotatable bonds is 5. The second kappa shape index (κ2) is 6.41. The molecule has 0 aliphatic rings. The van der Waals surface area contributed by atoms with Gasteiger partial charge in [-0.25, -0.2) is 0 Å². The van der Waals surface area contributed by atoms with Gasteiger partial charge in [0.05, 0.1) is 5.56 Å². The molecular weight excluding hydrogens is 245 g/mol. The fourth-order valence-electron chi connectivity index (χ4n) is 1.87. The molecule has 2 aromatic rings. The van der Waals surface area contributed by atoms with Gasteiger partial charge in [-0.3, -0.25) is 5.32 Å². The minimum Gasteiger partial charge on any atom is -0.293 e. The lowest BCUT2D eigenvalue weighted by Crippen LogP contribution is -2.82. The topological polar surface area (TPSA) is 53.9 Å². The van der Waals surface area contributed by atoms with Crippen LogP contribution in [0.15, 0.2) is 60.7 Å². The van der Waals surface area contributed by atoms with Crippen LogP contribution in [-0.2, 0) is 11.1 Å². The van der Waals surface area contributed by atoms with Crippen molar-refractivity contribution in [3.05, 3.63) is 71.8 Å². The van der Waals surface area contributed by atoms with Crippen LogP contribution in [0.25, 0.3) is 0 Å². The van der Waals surface area contributed by atoms with Gasteiger partial charge in [-0.1, -0.05) is 48.5 Å². The van der Waals surface area contributed by atoms with Gasteiger partial charge in [-0.15, -0.1) is 0 Å². The molecule has 0 saturated carbocycles. The maximum atomic E-state index is 11.4. The predicted molar refractivity (Wildman–Crippen MR) is 71.1 cm³/mol. The largest absolute Gasteiger partial charge is 0.574 e. The smallest absolute Gasteiger partial charge is 0.293 e. The van der Waals surface area contributed by atoms with Gasteiger partial charge in [0.1, 0.15) is 6.54 Å². The van der Waals surface area contributed by atoms with E-state index in [4.69, 9.17) is 0 Å². The second-order valence-corrected chi connectivity index (χ2v) is 5.24. The Bertz CT molecular complexity index is 502. The highest BCUT2D eigenvalue weighted by Crippen LogP contribution is 2.31. The summed E-state index contributed by atoms with van der Waals surface area (Å²) in [6.07, 6.45) is 0. The molecule has 0 saturated heterocycles. The van der Waals surface area contributed by atoms with Gasteiger partial charge in [0.15, 0.2) is 0 Å². The van der Waals surface area contributed by atoms with E-state index in [0.717, 1.165) is 11.1 Å². The van der Waals surface area contributed by atoms with Crippen molar-refractivity contribution in [1.82, 2.24) is 0 Å². The Morgan fingerprint density at radius 2 is 1.56 bits per heavy atom. The second-order valence-electron chi connectivity index (χ2n) is 4.08. The standard InChI is InChI=1S/C14H14NO2P/c16-18(17)14(13-9-5-2-6-10-13)15-11-12-7-3-1-4-8-12/h1-10,14-15H,11H2/p+2/t14-/m1/s1. The van der Waals surface area contributed by atoms with E-state index in [0.29, 0.717) is 6.54 Å². The highest BCUT2D eigenvalue weighted by atomic mass is 31.1. The zero-order chi connectivity index (χ0) is 12.8. The molecule has 3 nitrogen and oxygen atoms in total. The molecule has 1 unspecified atom stereocenters. The summed E-state index contributed by atoms with van der Waals surface area (Å²) in [5, 5.41) is 1.91. The Morgan fingerprint density at radius 1 is 1.00 bits per heavy atom. The first-order valence-electron chi connectivity index (χ1n) is 5.85.